The number of rotatable bonds is 7. The summed E-state index contributed by atoms with van der Waals surface area (Å²) in [6, 6.07) is 1.87. The predicted octanol–water partition coefficient (Wildman–Crippen LogP) is 1.93. The molecule has 3 N–H and O–H groups in total. The molecule has 2 fully saturated rings. The second-order valence-corrected chi connectivity index (χ2v) is 9.20. The molecule has 0 atom stereocenters. The molecule has 138 valence electrons. The Bertz CT molecular complexity index is 946. The van der Waals surface area contributed by atoms with Crippen LogP contribution in [0.15, 0.2) is 25.0 Å². The second-order valence-electron chi connectivity index (χ2n) is 7.21. The Hall–Kier alpha value is -1.84. The quantitative estimate of drug-likeness (QED) is 0.642. The largest absolute Gasteiger partial charge is 0.535 e. The molecular formula is C17H22BN3O4S. The third-order valence-electron chi connectivity index (χ3n) is 5.10. The van der Waals surface area contributed by atoms with Crippen LogP contribution < -0.4 is 9.38 Å². The van der Waals surface area contributed by atoms with Gasteiger partial charge in [-0.3, -0.25) is 0 Å². The summed E-state index contributed by atoms with van der Waals surface area (Å²) < 4.78 is 32.5. The summed E-state index contributed by atoms with van der Waals surface area (Å²) in [4.78, 5) is 7.37. The van der Waals surface area contributed by atoms with Crippen molar-refractivity contribution in [1.29, 1.82) is 0 Å². The van der Waals surface area contributed by atoms with Crippen LogP contribution in [0.5, 0.6) is 5.75 Å². The van der Waals surface area contributed by atoms with Gasteiger partial charge < -0.3 is 14.7 Å². The Morgan fingerprint density at radius 2 is 2.19 bits per heavy atom. The number of aromatic nitrogens is 2. The third kappa shape index (κ3) is 3.26. The summed E-state index contributed by atoms with van der Waals surface area (Å²) in [7, 11) is -4.12. The van der Waals surface area contributed by atoms with Crippen molar-refractivity contribution in [1.82, 2.24) is 14.7 Å². The van der Waals surface area contributed by atoms with Crippen LogP contribution in [0.25, 0.3) is 16.6 Å². The fourth-order valence-electron chi connectivity index (χ4n) is 3.50. The van der Waals surface area contributed by atoms with Gasteiger partial charge in [-0.15, -0.1) is 0 Å². The zero-order valence-electron chi connectivity index (χ0n) is 14.6. The van der Waals surface area contributed by atoms with Gasteiger partial charge in [0.1, 0.15) is 11.4 Å². The number of pyridine rings is 1. The van der Waals surface area contributed by atoms with Gasteiger partial charge >= 0.3 is 7.12 Å². The summed E-state index contributed by atoms with van der Waals surface area (Å²) in [5.41, 5.74) is 2.43. The van der Waals surface area contributed by atoms with Crippen LogP contribution in [0, 0.1) is 5.92 Å². The molecule has 2 heterocycles. The minimum Gasteiger partial charge on any atom is -0.535 e. The molecule has 0 radical (unpaired) electrons. The summed E-state index contributed by atoms with van der Waals surface area (Å²) in [6.07, 6.45) is 6.34. The lowest BCUT2D eigenvalue weighted by molar-refractivity contribution is 0.310. The maximum absolute atomic E-state index is 12.1. The summed E-state index contributed by atoms with van der Waals surface area (Å²) in [5, 5.41) is 10.3. The highest BCUT2D eigenvalue weighted by molar-refractivity contribution is 7.90. The monoisotopic (exact) mass is 375 g/mol. The number of H-pyrrole nitrogens is 1. The maximum Gasteiger partial charge on any atom is 0.519 e. The average Bonchev–Trinajstić information content (AvgIpc) is 3.29. The number of nitrogens with one attached hydrogen (secondary N) is 2. The summed E-state index contributed by atoms with van der Waals surface area (Å²) in [6.45, 7) is 5.78. The van der Waals surface area contributed by atoms with Crippen molar-refractivity contribution in [3.63, 3.8) is 0 Å². The number of aromatic amines is 1. The average molecular weight is 375 g/mol. The first-order valence-corrected chi connectivity index (χ1v) is 10.4. The minimum atomic E-state index is -3.16. The molecule has 0 saturated heterocycles. The van der Waals surface area contributed by atoms with Gasteiger partial charge in [0.15, 0.2) is 0 Å². The molecule has 26 heavy (non-hydrogen) atoms. The van der Waals surface area contributed by atoms with Gasteiger partial charge in [0.25, 0.3) is 0 Å². The Labute approximate surface area is 153 Å². The zero-order chi connectivity index (χ0) is 18.5. The number of sulfonamides is 1. The van der Waals surface area contributed by atoms with Crippen molar-refractivity contribution in [3.05, 3.63) is 30.6 Å². The topological polar surface area (TPSA) is 104 Å². The van der Waals surface area contributed by atoms with E-state index in [1.54, 1.807) is 19.2 Å². The lowest BCUT2D eigenvalue weighted by Crippen LogP contribution is -2.45. The van der Waals surface area contributed by atoms with Gasteiger partial charge in [-0.1, -0.05) is 6.58 Å². The lowest BCUT2D eigenvalue weighted by atomic mass is 9.74. The molecular weight excluding hydrogens is 353 g/mol. The van der Waals surface area contributed by atoms with Crippen molar-refractivity contribution in [2.45, 2.75) is 43.8 Å². The summed E-state index contributed by atoms with van der Waals surface area (Å²) >= 11 is 0. The van der Waals surface area contributed by atoms with Crippen LogP contribution in [-0.2, 0) is 10.0 Å². The molecule has 0 aromatic carbocycles. The predicted molar refractivity (Wildman–Crippen MR) is 101 cm³/mol. The Balaban J connectivity index is 1.52. The van der Waals surface area contributed by atoms with Crippen LogP contribution in [0.3, 0.4) is 0 Å². The number of nitrogens with zero attached hydrogens (tertiary/aromatic N) is 1. The first kappa shape index (κ1) is 17.6. The highest BCUT2D eigenvalue weighted by atomic mass is 32.2. The standard InChI is InChI=1S/C17H22BN3O4S/c1-10(11-7-12(8-11)21-26(23,24)13-3-4-13)16-14-5-6-19-17(14)20-9-15(16)25-18(2)22/h5-6,9,11-13,21-22H,1,3-4,7-8H2,2H3,(H,19,20)/t11-,12-. The lowest BCUT2D eigenvalue weighted by Gasteiger charge is -2.37. The number of hydrogen-bond acceptors (Lipinski definition) is 5. The molecule has 0 aliphatic heterocycles. The molecule has 0 unspecified atom stereocenters. The van der Waals surface area contributed by atoms with Crippen LogP contribution in [0.1, 0.15) is 31.2 Å². The Morgan fingerprint density at radius 1 is 1.46 bits per heavy atom. The molecule has 0 spiro atoms. The van der Waals surface area contributed by atoms with E-state index in [0.717, 1.165) is 35.0 Å². The molecule has 4 rings (SSSR count). The minimum absolute atomic E-state index is 0.0352. The van der Waals surface area contributed by atoms with E-state index < -0.39 is 17.1 Å². The van der Waals surface area contributed by atoms with Gasteiger partial charge in [-0.25, -0.2) is 18.1 Å². The molecule has 0 amide bonds. The van der Waals surface area contributed by atoms with E-state index in [-0.39, 0.29) is 17.2 Å². The van der Waals surface area contributed by atoms with Gasteiger partial charge in [-0.2, -0.15) is 0 Å². The van der Waals surface area contributed by atoms with E-state index in [2.05, 4.69) is 21.3 Å². The Kier molecular flexibility index (Phi) is 4.33. The van der Waals surface area contributed by atoms with Gasteiger partial charge in [-0.05, 0) is 50.1 Å². The van der Waals surface area contributed by atoms with E-state index in [4.69, 9.17) is 4.65 Å². The SMILES string of the molecule is C=C(c1c(OB(C)O)cnc2[nH]ccc12)[C@H]1C[C@H](NS(=O)(=O)C2CC2)C1. The van der Waals surface area contributed by atoms with Crippen LogP contribution in [-0.4, -0.2) is 41.8 Å². The molecule has 2 aromatic rings. The van der Waals surface area contributed by atoms with Crippen LogP contribution in [0.2, 0.25) is 6.82 Å². The van der Waals surface area contributed by atoms with Crippen molar-refractivity contribution < 1.29 is 18.1 Å². The number of allylic oxidation sites excluding steroid dienone is 1. The van der Waals surface area contributed by atoms with Crippen LogP contribution >= 0.6 is 0 Å². The van der Waals surface area contributed by atoms with Crippen molar-refractivity contribution in [2.24, 2.45) is 5.92 Å². The fourth-order valence-corrected chi connectivity index (χ4v) is 5.11. The smallest absolute Gasteiger partial charge is 0.519 e. The first-order valence-electron chi connectivity index (χ1n) is 8.86. The molecule has 0 bridgehead atoms. The van der Waals surface area contributed by atoms with E-state index in [9.17, 15) is 13.4 Å². The maximum atomic E-state index is 12.1. The normalized spacial score (nSPS) is 22.8. The number of fused-ring (bicyclic) bond motifs is 1. The van der Waals surface area contributed by atoms with Gasteiger partial charge in [0.2, 0.25) is 10.0 Å². The van der Waals surface area contributed by atoms with Crippen molar-refractivity contribution in [2.75, 3.05) is 0 Å². The second kappa shape index (κ2) is 6.40. The molecule has 7 nitrogen and oxygen atoms in total. The molecule has 2 aliphatic rings. The van der Waals surface area contributed by atoms with E-state index >= 15 is 0 Å². The molecule has 2 saturated carbocycles. The van der Waals surface area contributed by atoms with Gasteiger partial charge in [0.05, 0.1) is 11.4 Å². The third-order valence-corrected chi connectivity index (χ3v) is 7.11. The first-order chi connectivity index (χ1) is 12.3. The highest BCUT2D eigenvalue weighted by Gasteiger charge is 2.41. The Morgan fingerprint density at radius 3 is 2.85 bits per heavy atom. The van der Waals surface area contributed by atoms with Crippen molar-refractivity contribution >= 4 is 33.7 Å². The molecule has 2 aliphatic carbocycles. The van der Waals surface area contributed by atoms with Gasteiger partial charge in [0, 0.05) is 23.2 Å². The molecule has 2 aromatic heterocycles. The summed E-state index contributed by atoms with van der Waals surface area (Å²) in [5.74, 6) is 0.651. The number of hydrogen-bond donors (Lipinski definition) is 3. The molecule has 9 heteroatoms. The van der Waals surface area contributed by atoms with E-state index in [0.29, 0.717) is 18.6 Å². The van der Waals surface area contributed by atoms with E-state index in [1.807, 2.05) is 6.07 Å². The zero-order valence-corrected chi connectivity index (χ0v) is 15.4. The van der Waals surface area contributed by atoms with Crippen LogP contribution in [0.4, 0.5) is 0 Å². The fraction of sp³-hybridized carbons (Fsp3) is 0.471. The van der Waals surface area contributed by atoms with E-state index in [1.165, 1.54) is 0 Å². The highest BCUT2D eigenvalue weighted by Crippen LogP contribution is 2.43. The van der Waals surface area contributed by atoms with Crippen molar-refractivity contribution in [3.8, 4) is 5.75 Å².